The fourth-order valence-corrected chi connectivity index (χ4v) is 5.22. The molecule has 38 heavy (non-hydrogen) atoms. The molecule has 1 N–H and O–H groups in total. The Hall–Kier alpha value is -4.06. The number of sulfonamides is 1. The highest BCUT2D eigenvalue weighted by molar-refractivity contribution is 7.89. The van der Waals surface area contributed by atoms with Gasteiger partial charge in [0, 0.05) is 12.1 Å². The van der Waals surface area contributed by atoms with Gasteiger partial charge in [0.15, 0.2) is 6.23 Å². The number of non-ortho nitro benzene ring substituents is 1. The molecule has 0 fully saturated rings. The Morgan fingerprint density at radius 1 is 0.921 bits per heavy atom. The van der Waals surface area contributed by atoms with Crippen molar-refractivity contribution in [3.05, 3.63) is 118 Å². The highest BCUT2D eigenvalue weighted by Gasteiger charge is 2.38. The van der Waals surface area contributed by atoms with E-state index in [2.05, 4.69) is 4.72 Å². The summed E-state index contributed by atoms with van der Waals surface area (Å²) in [5.41, 5.74) is 1.49. The maximum Gasteiger partial charge on any atom is 0.412 e. The first kappa shape index (κ1) is 27.0. The van der Waals surface area contributed by atoms with Gasteiger partial charge in [-0.15, -0.1) is 0 Å². The largest absolute Gasteiger partial charge is 0.444 e. The summed E-state index contributed by atoms with van der Waals surface area (Å²) in [7, 11) is -4.06. The third-order valence-corrected chi connectivity index (χ3v) is 7.52. The van der Waals surface area contributed by atoms with E-state index in [1.165, 1.54) is 4.90 Å². The van der Waals surface area contributed by atoms with Gasteiger partial charge in [-0.05, 0) is 36.3 Å². The minimum Gasteiger partial charge on any atom is -0.444 e. The number of hydrogen-bond donors (Lipinski definition) is 1. The fourth-order valence-electron chi connectivity index (χ4n) is 3.96. The maximum atomic E-state index is 13.2. The molecule has 1 aliphatic heterocycles. The van der Waals surface area contributed by atoms with Gasteiger partial charge in [-0.3, -0.25) is 15.0 Å². The van der Waals surface area contributed by atoms with Crippen molar-refractivity contribution >= 4 is 21.8 Å². The average molecular weight is 538 g/mol. The van der Waals surface area contributed by atoms with Crippen LogP contribution in [0.25, 0.3) is 0 Å². The first-order chi connectivity index (χ1) is 18.2. The van der Waals surface area contributed by atoms with Gasteiger partial charge in [-0.2, -0.15) is 0 Å². The van der Waals surface area contributed by atoms with Crippen LogP contribution in [-0.2, 0) is 32.7 Å². The first-order valence-electron chi connectivity index (χ1n) is 11.8. The molecule has 1 amide bonds. The monoisotopic (exact) mass is 537 g/mol. The summed E-state index contributed by atoms with van der Waals surface area (Å²) < 4.78 is 40.2. The Morgan fingerprint density at radius 3 is 2.08 bits per heavy atom. The minimum atomic E-state index is -4.06. The lowest BCUT2D eigenvalue weighted by molar-refractivity contribution is -0.384. The zero-order valence-electron chi connectivity index (χ0n) is 20.5. The zero-order valence-corrected chi connectivity index (χ0v) is 21.4. The average Bonchev–Trinajstić information content (AvgIpc) is 2.93. The van der Waals surface area contributed by atoms with Crippen molar-refractivity contribution in [2.45, 2.75) is 43.3 Å². The topological polar surface area (TPSA) is 128 Å². The number of rotatable bonds is 9. The zero-order chi connectivity index (χ0) is 27.1. The normalized spacial score (nSPS) is 19.2. The number of hydrogen-bond acceptors (Lipinski definition) is 7. The molecule has 0 radical (unpaired) electrons. The minimum absolute atomic E-state index is 0.0389. The molecule has 0 aromatic heterocycles. The van der Waals surface area contributed by atoms with Crippen LogP contribution in [0, 0.1) is 10.1 Å². The number of benzene rings is 3. The third kappa shape index (κ3) is 6.62. The van der Waals surface area contributed by atoms with Crippen molar-refractivity contribution in [1.82, 2.24) is 9.62 Å². The number of ether oxygens (including phenoxy) is 2. The van der Waals surface area contributed by atoms with Crippen LogP contribution in [0.15, 0.2) is 102 Å². The molecule has 0 unspecified atom stereocenters. The number of nitrogens with one attached hydrogen (secondary N) is 1. The van der Waals surface area contributed by atoms with Crippen molar-refractivity contribution in [1.29, 1.82) is 0 Å². The van der Waals surface area contributed by atoms with E-state index in [-0.39, 0.29) is 23.8 Å². The SMILES string of the molecule is C[C@@H]1[C@H](NS(=O)(=O)c2ccc([N+](=O)[O-])cc2)C=C[C@H](OCc2ccccc2)N1C(=O)OCc1ccccc1. The summed E-state index contributed by atoms with van der Waals surface area (Å²) in [4.78, 5) is 24.8. The van der Waals surface area contributed by atoms with Gasteiger partial charge < -0.3 is 9.47 Å². The van der Waals surface area contributed by atoms with Gasteiger partial charge >= 0.3 is 6.09 Å². The van der Waals surface area contributed by atoms with Crippen LogP contribution in [0.1, 0.15) is 18.1 Å². The molecule has 0 aliphatic carbocycles. The van der Waals surface area contributed by atoms with E-state index in [0.29, 0.717) is 0 Å². The molecule has 0 saturated heterocycles. The van der Waals surface area contributed by atoms with Gasteiger partial charge in [-0.1, -0.05) is 66.7 Å². The van der Waals surface area contributed by atoms with Crippen LogP contribution in [0.4, 0.5) is 10.5 Å². The Labute approximate surface area is 220 Å². The van der Waals surface area contributed by atoms with Gasteiger partial charge in [0.25, 0.3) is 5.69 Å². The highest BCUT2D eigenvalue weighted by atomic mass is 32.2. The lowest BCUT2D eigenvalue weighted by atomic mass is 10.0. The molecule has 1 heterocycles. The second kappa shape index (κ2) is 12.0. The summed E-state index contributed by atoms with van der Waals surface area (Å²) in [6.07, 6.45) is 1.77. The van der Waals surface area contributed by atoms with Crippen LogP contribution >= 0.6 is 0 Å². The van der Waals surface area contributed by atoms with Crippen LogP contribution in [-0.4, -0.2) is 42.6 Å². The van der Waals surface area contributed by atoms with E-state index in [1.807, 2.05) is 60.7 Å². The molecule has 10 nitrogen and oxygen atoms in total. The number of nitro groups is 1. The summed E-state index contributed by atoms with van der Waals surface area (Å²) in [6, 6.07) is 21.7. The van der Waals surface area contributed by atoms with Crippen LogP contribution in [0.3, 0.4) is 0 Å². The third-order valence-electron chi connectivity index (χ3n) is 6.04. The van der Waals surface area contributed by atoms with E-state index in [4.69, 9.17) is 9.47 Å². The van der Waals surface area contributed by atoms with Gasteiger partial charge in [0.05, 0.1) is 28.5 Å². The standard InChI is InChI=1S/C27H27N3O7S/c1-20-25(28-38(34,35)24-14-12-23(13-15-24)30(32)33)16-17-26(36-18-21-8-4-2-5-9-21)29(20)27(31)37-19-22-10-6-3-7-11-22/h2-17,20,25-26,28H,18-19H2,1H3/t20-,25-,26+/m1/s1. The van der Waals surface area contributed by atoms with Crippen LogP contribution < -0.4 is 4.72 Å². The van der Waals surface area contributed by atoms with Gasteiger partial charge in [0.1, 0.15) is 6.61 Å². The molecule has 4 rings (SSSR count). The molecule has 3 aromatic rings. The van der Waals surface area contributed by atoms with Crippen molar-refractivity contribution in [3.63, 3.8) is 0 Å². The lowest BCUT2D eigenvalue weighted by Crippen LogP contribution is -2.57. The van der Waals surface area contributed by atoms with E-state index in [1.54, 1.807) is 19.1 Å². The molecule has 3 aromatic carbocycles. The van der Waals surface area contributed by atoms with E-state index in [0.717, 1.165) is 35.4 Å². The molecule has 198 valence electrons. The predicted molar refractivity (Wildman–Crippen MR) is 139 cm³/mol. The number of carbonyl (C=O) groups is 1. The molecular weight excluding hydrogens is 510 g/mol. The van der Waals surface area contributed by atoms with E-state index in [9.17, 15) is 23.3 Å². The van der Waals surface area contributed by atoms with Gasteiger partial charge in [0.2, 0.25) is 10.0 Å². The summed E-state index contributed by atoms with van der Waals surface area (Å²) in [5, 5.41) is 10.9. The second-order valence-corrected chi connectivity index (χ2v) is 10.4. The number of carbonyl (C=O) groups excluding carboxylic acids is 1. The molecule has 3 atom stereocenters. The van der Waals surface area contributed by atoms with Crippen LogP contribution in [0.5, 0.6) is 0 Å². The fraction of sp³-hybridized carbons (Fsp3) is 0.222. The van der Waals surface area contributed by atoms with Gasteiger partial charge in [-0.25, -0.2) is 17.9 Å². The second-order valence-electron chi connectivity index (χ2n) is 8.66. The summed E-state index contributed by atoms with van der Waals surface area (Å²) in [5.74, 6) is 0. The number of amides is 1. The summed E-state index contributed by atoms with van der Waals surface area (Å²) >= 11 is 0. The first-order valence-corrected chi connectivity index (χ1v) is 13.3. The van der Waals surface area contributed by atoms with Crippen LogP contribution in [0.2, 0.25) is 0 Å². The number of nitrogens with zero attached hydrogens (tertiary/aromatic N) is 2. The quantitative estimate of drug-likeness (QED) is 0.244. The van der Waals surface area contributed by atoms with Crippen molar-refractivity contribution < 1.29 is 27.6 Å². The van der Waals surface area contributed by atoms with E-state index >= 15 is 0 Å². The molecule has 1 aliphatic rings. The van der Waals surface area contributed by atoms with Crippen molar-refractivity contribution in [3.8, 4) is 0 Å². The Balaban J connectivity index is 1.53. The molecule has 0 saturated carbocycles. The van der Waals surface area contributed by atoms with Crippen molar-refractivity contribution in [2.75, 3.05) is 0 Å². The number of nitro benzene ring substituents is 1. The lowest BCUT2D eigenvalue weighted by Gasteiger charge is -2.40. The smallest absolute Gasteiger partial charge is 0.412 e. The molecular formula is C27H27N3O7S. The summed E-state index contributed by atoms with van der Waals surface area (Å²) in [6.45, 7) is 1.95. The Bertz CT molecular complexity index is 1380. The highest BCUT2D eigenvalue weighted by Crippen LogP contribution is 2.24. The van der Waals surface area contributed by atoms with E-state index < -0.39 is 39.4 Å². The maximum absolute atomic E-state index is 13.2. The molecule has 0 bridgehead atoms. The van der Waals surface area contributed by atoms with Crippen molar-refractivity contribution in [2.24, 2.45) is 0 Å². The Morgan fingerprint density at radius 2 is 1.50 bits per heavy atom. The Kier molecular flexibility index (Phi) is 8.52. The predicted octanol–water partition coefficient (Wildman–Crippen LogP) is 4.38. The molecule has 11 heteroatoms. The molecule has 0 spiro atoms.